The van der Waals surface area contributed by atoms with Crippen molar-refractivity contribution in [2.75, 3.05) is 31.1 Å². The summed E-state index contributed by atoms with van der Waals surface area (Å²) in [4.78, 5) is 15.1. The van der Waals surface area contributed by atoms with Crippen LogP contribution in [0.3, 0.4) is 0 Å². The van der Waals surface area contributed by atoms with Gasteiger partial charge in [0.25, 0.3) is 5.69 Å². The van der Waals surface area contributed by atoms with Crippen molar-refractivity contribution in [2.24, 2.45) is 5.73 Å². The van der Waals surface area contributed by atoms with Gasteiger partial charge in [0.05, 0.1) is 4.92 Å². The Balaban J connectivity index is 1.54. The molecule has 2 aromatic carbocycles. The van der Waals surface area contributed by atoms with Gasteiger partial charge in [0.2, 0.25) is 0 Å². The second-order valence-electron chi connectivity index (χ2n) is 6.06. The normalized spacial score (nSPS) is 15.5. The molecule has 1 aliphatic rings. The van der Waals surface area contributed by atoms with Crippen molar-refractivity contribution in [1.29, 1.82) is 0 Å². The summed E-state index contributed by atoms with van der Waals surface area (Å²) in [5, 5.41) is 10.7. The van der Waals surface area contributed by atoms with Crippen LogP contribution in [0.25, 0.3) is 0 Å². The van der Waals surface area contributed by atoms with Gasteiger partial charge in [-0.05, 0) is 23.3 Å². The molecule has 126 valence electrons. The van der Waals surface area contributed by atoms with Crippen molar-refractivity contribution in [3.63, 3.8) is 0 Å². The number of nitrogens with two attached hydrogens (primary N) is 1. The standard InChI is InChI=1S/C18H22N4O2/c19-13-15-1-3-16(4-2-15)14-20-9-11-21(12-10-20)17-5-7-18(8-6-17)22(23)24/h1-8H,9-14,19H2. The second kappa shape index (κ2) is 7.42. The maximum atomic E-state index is 10.7. The van der Waals surface area contributed by atoms with Crippen LogP contribution >= 0.6 is 0 Å². The Labute approximate surface area is 141 Å². The molecule has 1 heterocycles. The molecule has 2 N–H and O–H groups in total. The van der Waals surface area contributed by atoms with Gasteiger partial charge in [0.1, 0.15) is 0 Å². The van der Waals surface area contributed by atoms with Crippen LogP contribution in [0.15, 0.2) is 48.5 Å². The molecular formula is C18H22N4O2. The van der Waals surface area contributed by atoms with Gasteiger partial charge >= 0.3 is 0 Å². The van der Waals surface area contributed by atoms with E-state index in [2.05, 4.69) is 34.1 Å². The van der Waals surface area contributed by atoms with Crippen LogP contribution in [0, 0.1) is 10.1 Å². The van der Waals surface area contributed by atoms with Gasteiger partial charge in [-0.15, -0.1) is 0 Å². The number of nitro benzene ring substituents is 1. The van der Waals surface area contributed by atoms with E-state index >= 15 is 0 Å². The van der Waals surface area contributed by atoms with Gasteiger partial charge in [-0.3, -0.25) is 15.0 Å². The number of nitrogens with zero attached hydrogens (tertiary/aromatic N) is 3. The van der Waals surface area contributed by atoms with Gasteiger partial charge in [0, 0.05) is 57.1 Å². The zero-order valence-electron chi connectivity index (χ0n) is 13.6. The van der Waals surface area contributed by atoms with E-state index in [1.807, 2.05) is 12.1 Å². The Kier molecular flexibility index (Phi) is 5.08. The van der Waals surface area contributed by atoms with Crippen molar-refractivity contribution in [3.8, 4) is 0 Å². The highest BCUT2D eigenvalue weighted by Gasteiger charge is 2.18. The number of benzene rings is 2. The first kappa shape index (κ1) is 16.4. The number of anilines is 1. The quantitative estimate of drug-likeness (QED) is 0.674. The molecule has 0 spiro atoms. The van der Waals surface area contributed by atoms with Crippen LogP contribution in [0.5, 0.6) is 0 Å². The minimum absolute atomic E-state index is 0.137. The van der Waals surface area contributed by atoms with E-state index < -0.39 is 0 Å². The fourth-order valence-corrected chi connectivity index (χ4v) is 2.99. The average Bonchev–Trinajstić information content (AvgIpc) is 2.63. The van der Waals surface area contributed by atoms with Crippen molar-refractivity contribution in [2.45, 2.75) is 13.1 Å². The summed E-state index contributed by atoms with van der Waals surface area (Å²) in [5.41, 5.74) is 9.27. The predicted molar refractivity (Wildman–Crippen MR) is 94.9 cm³/mol. The molecule has 0 unspecified atom stereocenters. The lowest BCUT2D eigenvalue weighted by Crippen LogP contribution is -2.45. The second-order valence-corrected chi connectivity index (χ2v) is 6.06. The minimum Gasteiger partial charge on any atom is -0.369 e. The molecule has 6 nitrogen and oxygen atoms in total. The Morgan fingerprint density at radius 2 is 1.50 bits per heavy atom. The van der Waals surface area contributed by atoms with Gasteiger partial charge in [0.15, 0.2) is 0 Å². The topological polar surface area (TPSA) is 75.6 Å². The van der Waals surface area contributed by atoms with E-state index in [1.54, 1.807) is 12.1 Å². The lowest BCUT2D eigenvalue weighted by Gasteiger charge is -2.36. The summed E-state index contributed by atoms with van der Waals surface area (Å²) < 4.78 is 0. The largest absolute Gasteiger partial charge is 0.369 e. The molecular weight excluding hydrogens is 304 g/mol. The Bertz CT molecular complexity index is 677. The fraction of sp³-hybridized carbons (Fsp3) is 0.333. The van der Waals surface area contributed by atoms with E-state index in [-0.39, 0.29) is 10.6 Å². The molecule has 1 saturated heterocycles. The first-order valence-corrected chi connectivity index (χ1v) is 8.15. The van der Waals surface area contributed by atoms with Crippen molar-refractivity contribution >= 4 is 11.4 Å². The maximum absolute atomic E-state index is 10.7. The van der Waals surface area contributed by atoms with E-state index in [1.165, 1.54) is 5.56 Å². The van der Waals surface area contributed by atoms with Crippen molar-refractivity contribution < 1.29 is 4.92 Å². The van der Waals surface area contributed by atoms with E-state index in [0.29, 0.717) is 6.54 Å². The molecule has 24 heavy (non-hydrogen) atoms. The van der Waals surface area contributed by atoms with Crippen LogP contribution in [0.4, 0.5) is 11.4 Å². The van der Waals surface area contributed by atoms with Crippen LogP contribution in [0.2, 0.25) is 0 Å². The van der Waals surface area contributed by atoms with Gasteiger partial charge in [-0.2, -0.15) is 0 Å². The van der Waals surface area contributed by atoms with Gasteiger partial charge < -0.3 is 10.6 Å². The number of rotatable bonds is 5. The fourth-order valence-electron chi connectivity index (χ4n) is 2.99. The monoisotopic (exact) mass is 326 g/mol. The van der Waals surface area contributed by atoms with Crippen molar-refractivity contribution in [1.82, 2.24) is 4.90 Å². The zero-order chi connectivity index (χ0) is 16.9. The number of non-ortho nitro benzene ring substituents is 1. The molecule has 0 amide bonds. The smallest absolute Gasteiger partial charge is 0.269 e. The number of hydrogen-bond donors (Lipinski definition) is 1. The van der Waals surface area contributed by atoms with Gasteiger partial charge in [-0.25, -0.2) is 0 Å². The van der Waals surface area contributed by atoms with Crippen molar-refractivity contribution in [3.05, 3.63) is 69.8 Å². The molecule has 3 rings (SSSR count). The summed E-state index contributed by atoms with van der Waals surface area (Å²) in [6.45, 7) is 5.34. The molecule has 0 aliphatic carbocycles. The SMILES string of the molecule is NCc1ccc(CN2CCN(c3ccc([N+](=O)[O-])cc3)CC2)cc1. The third-order valence-electron chi connectivity index (χ3n) is 4.46. The Hall–Kier alpha value is -2.44. The lowest BCUT2D eigenvalue weighted by molar-refractivity contribution is -0.384. The summed E-state index contributed by atoms with van der Waals surface area (Å²) in [6, 6.07) is 15.3. The average molecular weight is 326 g/mol. The number of piperazine rings is 1. The molecule has 0 saturated carbocycles. The summed E-state index contributed by atoms with van der Waals surface area (Å²) in [6.07, 6.45) is 0. The molecule has 0 aromatic heterocycles. The molecule has 1 fully saturated rings. The van der Waals surface area contributed by atoms with Crippen LogP contribution in [0.1, 0.15) is 11.1 Å². The minimum atomic E-state index is -0.363. The molecule has 0 atom stereocenters. The van der Waals surface area contributed by atoms with E-state index in [9.17, 15) is 10.1 Å². The number of nitro groups is 1. The molecule has 0 radical (unpaired) electrons. The van der Waals surface area contributed by atoms with Crippen LogP contribution in [-0.2, 0) is 13.1 Å². The highest BCUT2D eigenvalue weighted by molar-refractivity contribution is 5.51. The maximum Gasteiger partial charge on any atom is 0.269 e. The highest BCUT2D eigenvalue weighted by atomic mass is 16.6. The molecule has 2 aromatic rings. The van der Waals surface area contributed by atoms with Crippen LogP contribution in [-0.4, -0.2) is 36.0 Å². The van der Waals surface area contributed by atoms with E-state index in [4.69, 9.17) is 5.73 Å². The predicted octanol–water partition coefficient (Wildman–Crippen LogP) is 2.38. The summed E-state index contributed by atoms with van der Waals surface area (Å²) >= 11 is 0. The van der Waals surface area contributed by atoms with Gasteiger partial charge in [-0.1, -0.05) is 24.3 Å². The molecule has 6 heteroatoms. The zero-order valence-corrected chi connectivity index (χ0v) is 13.6. The lowest BCUT2D eigenvalue weighted by atomic mass is 10.1. The first-order chi connectivity index (χ1) is 11.7. The van der Waals surface area contributed by atoms with E-state index in [0.717, 1.165) is 44.0 Å². The first-order valence-electron chi connectivity index (χ1n) is 8.15. The van der Waals surface area contributed by atoms with Crippen LogP contribution < -0.4 is 10.6 Å². The summed E-state index contributed by atoms with van der Waals surface area (Å²) in [5.74, 6) is 0. The highest BCUT2D eigenvalue weighted by Crippen LogP contribution is 2.21. The molecule has 1 aliphatic heterocycles. The third kappa shape index (κ3) is 3.90. The molecule has 0 bridgehead atoms. The number of hydrogen-bond acceptors (Lipinski definition) is 5. The summed E-state index contributed by atoms with van der Waals surface area (Å²) in [7, 11) is 0. The third-order valence-corrected chi connectivity index (χ3v) is 4.46. The Morgan fingerprint density at radius 3 is 2.04 bits per heavy atom. The Morgan fingerprint density at radius 1 is 0.917 bits per heavy atom.